The molecule has 21 heavy (non-hydrogen) atoms. The molecule has 0 saturated carbocycles. The Labute approximate surface area is 132 Å². The number of aromatic nitrogens is 3. The maximum absolute atomic E-state index is 12.1. The van der Waals surface area contributed by atoms with Crippen LogP contribution < -0.4 is 0 Å². The van der Waals surface area contributed by atoms with E-state index in [0.717, 1.165) is 5.69 Å². The van der Waals surface area contributed by atoms with Gasteiger partial charge in [-0.05, 0) is 26.8 Å². The molecule has 3 heterocycles. The number of esters is 1. The summed E-state index contributed by atoms with van der Waals surface area (Å²) in [6.07, 6.45) is 1.78. The van der Waals surface area contributed by atoms with Gasteiger partial charge < -0.3 is 13.9 Å². The van der Waals surface area contributed by atoms with Gasteiger partial charge in [0.2, 0.25) is 0 Å². The third-order valence-corrected chi connectivity index (χ3v) is 3.94. The summed E-state index contributed by atoms with van der Waals surface area (Å²) in [5.41, 5.74) is 0.796. The number of carbonyl (C=O) groups excluding carboxylic acids is 1. The number of hydrogen-bond acceptors (Lipinski definition) is 3. The number of rotatable bonds is 1. The van der Waals surface area contributed by atoms with Crippen LogP contribution in [-0.2, 0) is 17.8 Å². The van der Waals surface area contributed by atoms with Crippen LogP contribution in [0.4, 0.5) is 0 Å². The van der Waals surface area contributed by atoms with Crippen LogP contribution in [0.2, 0.25) is 10.3 Å². The van der Waals surface area contributed by atoms with Crippen LogP contribution in [0.15, 0.2) is 12.3 Å². The van der Waals surface area contributed by atoms with E-state index in [0.29, 0.717) is 29.6 Å². The maximum Gasteiger partial charge on any atom is 0.340 e. The Balaban J connectivity index is 1.99. The smallest absolute Gasteiger partial charge is 0.340 e. The van der Waals surface area contributed by atoms with E-state index in [1.165, 1.54) is 0 Å². The molecule has 0 unspecified atom stereocenters. The summed E-state index contributed by atoms with van der Waals surface area (Å²) in [6.45, 7) is 6.90. The standard InChI is InChI=1S/C14H15Cl2N3O2/c1-14(2,3)21-13(20)8-6-9-12-17-10(15)11(16)19(12)5-4-18(9)7-8/h6-7H,4-5H2,1-3H3. The number of aryl methyl sites for hydroxylation is 1. The van der Waals surface area contributed by atoms with Crippen LogP contribution in [-0.4, -0.2) is 25.7 Å². The van der Waals surface area contributed by atoms with Gasteiger partial charge in [0, 0.05) is 19.3 Å². The fraction of sp³-hybridized carbons (Fsp3) is 0.429. The molecule has 112 valence electrons. The highest BCUT2D eigenvalue weighted by molar-refractivity contribution is 6.40. The van der Waals surface area contributed by atoms with Crippen molar-refractivity contribution in [2.75, 3.05) is 0 Å². The van der Waals surface area contributed by atoms with Crippen LogP contribution in [0.5, 0.6) is 0 Å². The molecule has 5 nitrogen and oxygen atoms in total. The third-order valence-electron chi connectivity index (χ3n) is 3.19. The largest absolute Gasteiger partial charge is 0.456 e. The summed E-state index contributed by atoms with van der Waals surface area (Å²) < 4.78 is 9.20. The maximum atomic E-state index is 12.1. The average Bonchev–Trinajstić information content (AvgIpc) is 2.90. The predicted octanol–water partition coefficient (Wildman–Crippen LogP) is 3.63. The monoisotopic (exact) mass is 327 g/mol. The minimum absolute atomic E-state index is 0.278. The van der Waals surface area contributed by atoms with E-state index in [1.54, 1.807) is 12.3 Å². The Hall–Kier alpha value is -1.46. The molecule has 0 amide bonds. The molecule has 2 aromatic rings. The number of fused-ring (bicyclic) bond motifs is 3. The molecule has 0 atom stereocenters. The third kappa shape index (κ3) is 2.56. The van der Waals surface area contributed by atoms with Crippen molar-refractivity contribution < 1.29 is 9.53 Å². The van der Waals surface area contributed by atoms with Crippen molar-refractivity contribution in [2.45, 2.75) is 39.5 Å². The Morgan fingerprint density at radius 1 is 1.33 bits per heavy atom. The van der Waals surface area contributed by atoms with E-state index >= 15 is 0 Å². The van der Waals surface area contributed by atoms with Gasteiger partial charge in [0.1, 0.15) is 10.8 Å². The molecular formula is C14H15Cl2N3O2. The van der Waals surface area contributed by atoms with Gasteiger partial charge in [-0.1, -0.05) is 23.2 Å². The number of carbonyl (C=O) groups is 1. The van der Waals surface area contributed by atoms with Crippen molar-refractivity contribution in [1.29, 1.82) is 0 Å². The zero-order valence-corrected chi connectivity index (χ0v) is 13.5. The quantitative estimate of drug-likeness (QED) is 0.751. The molecule has 0 radical (unpaired) electrons. The van der Waals surface area contributed by atoms with Crippen molar-refractivity contribution in [2.24, 2.45) is 0 Å². The molecule has 0 fully saturated rings. The Morgan fingerprint density at radius 2 is 2.05 bits per heavy atom. The highest BCUT2D eigenvalue weighted by atomic mass is 35.5. The lowest BCUT2D eigenvalue weighted by Crippen LogP contribution is -2.23. The number of nitrogens with zero attached hydrogens (tertiary/aromatic N) is 3. The Bertz CT molecular complexity index is 725. The first-order valence-electron chi connectivity index (χ1n) is 6.62. The number of ether oxygens (including phenoxy) is 1. The lowest BCUT2D eigenvalue weighted by Gasteiger charge is -2.18. The fourth-order valence-corrected chi connectivity index (χ4v) is 2.73. The normalized spacial score (nSPS) is 13.8. The van der Waals surface area contributed by atoms with Gasteiger partial charge >= 0.3 is 5.97 Å². The molecular weight excluding hydrogens is 313 g/mol. The molecule has 0 spiro atoms. The molecule has 3 rings (SSSR count). The van der Waals surface area contributed by atoms with Crippen molar-refractivity contribution in [3.8, 4) is 11.5 Å². The number of halogens is 2. The zero-order valence-electron chi connectivity index (χ0n) is 12.0. The van der Waals surface area contributed by atoms with Gasteiger partial charge in [-0.3, -0.25) is 0 Å². The first kappa shape index (κ1) is 14.5. The van der Waals surface area contributed by atoms with E-state index in [9.17, 15) is 4.79 Å². The summed E-state index contributed by atoms with van der Waals surface area (Å²) in [6, 6.07) is 1.76. The number of imidazole rings is 1. The molecule has 0 N–H and O–H groups in total. The van der Waals surface area contributed by atoms with E-state index in [4.69, 9.17) is 27.9 Å². The van der Waals surface area contributed by atoms with E-state index in [2.05, 4.69) is 4.98 Å². The molecule has 1 aliphatic heterocycles. The highest BCUT2D eigenvalue weighted by Crippen LogP contribution is 2.33. The van der Waals surface area contributed by atoms with E-state index < -0.39 is 5.60 Å². The van der Waals surface area contributed by atoms with Crippen LogP contribution in [0.3, 0.4) is 0 Å². The summed E-state index contributed by atoms with van der Waals surface area (Å²) in [5, 5.41) is 0.707. The highest BCUT2D eigenvalue weighted by Gasteiger charge is 2.26. The Kier molecular flexibility index (Phi) is 3.30. The van der Waals surface area contributed by atoms with Gasteiger partial charge in [0.05, 0.1) is 11.3 Å². The summed E-state index contributed by atoms with van der Waals surface area (Å²) in [5.74, 6) is 0.325. The summed E-state index contributed by atoms with van der Waals surface area (Å²) >= 11 is 12.1. The predicted molar refractivity (Wildman–Crippen MR) is 80.8 cm³/mol. The lowest BCUT2D eigenvalue weighted by molar-refractivity contribution is 0.00695. The lowest BCUT2D eigenvalue weighted by atomic mass is 10.2. The van der Waals surface area contributed by atoms with Gasteiger partial charge in [0.25, 0.3) is 0 Å². The van der Waals surface area contributed by atoms with Crippen molar-refractivity contribution >= 4 is 29.2 Å². The van der Waals surface area contributed by atoms with Crippen LogP contribution >= 0.6 is 23.2 Å². The van der Waals surface area contributed by atoms with Crippen molar-refractivity contribution in [3.63, 3.8) is 0 Å². The topological polar surface area (TPSA) is 49.0 Å². The average molecular weight is 328 g/mol. The minimum Gasteiger partial charge on any atom is -0.456 e. The van der Waals surface area contributed by atoms with E-state index in [1.807, 2.05) is 29.9 Å². The minimum atomic E-state index is -0.523. The Morgan fingerprint density at radius 3 is 2.71 bits per heavy atom. The molecule has 0 saturated heterocycles. The molecule has 1 aliphatic rings. The summed E-state index contributed by atoms with van der Waals surface area (Å²) in [7, 11) is 0. The molecule has 0 aromatic carbocycles. The number of hydrogen-bond donors (Lipinski definition) is 0. The molecule has 0 bridgehead atoms. The second-order valence-electron chi connectivity index (χ2n) is 5.98. The SMILES string of the molecule is CC(C)(C)OC(=O)c1cc2n(c1)CCn1c-2nc(Cl)c1Cl. The van der Waals surface area contributed by atoms with E-state index in [-0.39, 0.29) is 11.1 Å². The van der Waals surface area contributed by atoms with Gasteiger partial charge in [-0.2, -0.15) is 0 Å². The summed E-state index contributed by atoms with van der Waals surface area (Å²) in [4.78, 5) is 16.4. The van der Waals surface area contributed by atoms with Gasteiger partial charge in [0.15, 0.2) is 11.0 Å². The van der Waals surface area contributed by atoms with Crippen molar-refractivity contribution in [1.82, 2.24) is 14.1 Å². The molecule has 0 aliphatic carbocycles. The van der Waals surface area contributed by atoms with Crippen LogP contribution in [0, 0.1) is 0 Å². The second kappa shape index (κ2) is 4.78. The first-order chi connectivity index (χ1) is 9.76. The van der Waals surface area contributed by atoms with Crippen LogP contribution in [0.25, 0.3) is 11.5 Å². The fourth-order valence-electron chi connectivity index (χ4n) is 2.34. The van der Waals surface area contributed by atoms with Crippen molar-refractivity contribution in [3.05, 3.63) is 28.1 Å². The van der Waals surface area contributed by atoms with Gasteiger partial charge in [-0.25, -0.2) is 9.78 Å². The first-order valence-corrected chi connectivity index (χ1v) is 7.37. The molecule has 2 aromatic heterocycles. The zero-order chi connectivity index (χ0) is 15.4. The van der Waals surface area contributed by atoms with Crippen LogP contribution in [0.1, 0.15) is 31.1 Å². The van der Waals surface area contributed by atoms with Gasteiger partial charge in [-0.15, -0.1) is 0 Å². The second-order valence-corrected chi connectivity index (χ2v) is 6.69. The molecule has 7 heteroatoms.